The lowest BCUT2D eigenvalue weighted by atomic mass is 10.2. The second-order valence-corrected chi connectivity index (χ2v) is 4.95. The van der Waals surface area contributed by atoms with Crippen molar-refractivity contribution in [3.63, 3.8) is 0 Å². The minimum Gasteiger partial charge on any atom is -0.493 e. The Morgan fingerprint density at radius 2 is 1.62 bits per heavy atom. The highest BCUT2D eigenvalue weighted by Crippen LogP contribution is 2.25. The number of ether oxygens (including phenoxy) is 3. The standard InChI is InChI=1S/C18H18N2O6/c1-24-15-8-4-5-9-16(15)25-11-17(21)20-19-10-13-6-2-3-7-14(13)26-12-18(22)23/h2-10H,11-12H2,1H3,(H,20,21)(H,22,23). The van der Waals surface area contributed by atoms with E-state index in [1.165, 1.54) is 13.3 Å². The lowest BCUT2D eigenvalue weighted by Gasteiger charge is -2.09. The molecule has 136 valence electrons. The summed E-state index contributed by atoms with van der Waals surface area (Å²) in [5.41, 5.74) is 2.85. The van der Waals surface area contributed by atoms with Crippen molar-refractivity contribution in [1.29, 1.82) is 0 Å². The van der Waals surface area contributed by atoms with E-state index < -0.39 is 18.5 Å². The lowest BCUT2D eigenvalue weighted by Crippen LogP contribution is -2.24. The molecule has 0 aliphatic rings. The Bertz CT molecular complexity index is 791. The van der Waals surface area contributed by atoms with Crippen LogP contribution in [0.2, 0.25) is 0 Å². The predicted molar refractivity (Wildman–Crippen MR) is 93.8 cm³/mol. The predicted octanol–water partition coefficient (Wildman–Crippen LogP) is 1.69. The van der Waals surface area contributed by atoms with E-state index in [9.17, 15) is 9.59 Å². The number of carboxylic acid groups (broad SMARTS) is 1. The van der Waals surface area contributed by atoms with Crippen molar-refractivity contribution in [2.75, 3.05) is 20.3 Å². The van der Waals surface area contributed by atoms with Crippen LogP contribution in [0.5, 0.6) is 17.2 Å². The number of hydrazone groups is 1. The Balaban J connectivity index is 1.88. The molecule has 0 saturated heterocycles. The normalized spacial score (nSPS) is 10.3. The molecule has 0 atom stereocenters. The van der Waals surface area contributed by atoms with Crippen LogP contribution in [-0.4, -0.2) is 43.5 Å². The first-order valence-electron chi connectivity index (χ1n) is 7.61. The number of carbonyl (C=O) groups excluding carboxylic acids is 1. The number of carbonyl (C=O) groups is 2. The molecular formula is C18H18N2O6. The Labute approximate surface area is 150 Å². The second-order valence-electron chi connectivity index (χ2n) is 4.95. The topological polar surface area (TPSA) is 106 Å². The average molecular weight is 358 g/mol. The van der Waals surface area contributed by atoms with Gasteiger partial charge in [-0.2, -0.15) is 5.10 Å². The van der Waals surface area contributed by atoms with Crippen LogP contribution in [-0.2, 0) is 9.59 Å². The highest BCUT2D eigenvalue weighted by atomic mass is 16.5. The molecule has 0 aliphatic carbocycles. The number of hydrogen-bond acceptors (Lipinski definition) is 6. The number of amides is 1. The molecule has 0 aromatic heterocycles. The summed E-state index contributed by atoms with van der Waals surface area (Å²) in [7, 11) is 1.51. The Kier molecular flexibility index (Phi) is 6.99. The first-order chi connectivity index (χ1) is 12.6. The van der Waals surface area contributed by atoms with E-state index in [2.05, 4.69) is 10.5 Å². The molecule has 0 bridgehead atoms. The molecule has 0 spiro atoms. The summed E-state index contributed by atoms with van der Waals surface area (Å²) < 4.78 is 15.7. The van der Waals surface area contributed by atoms with Crippen molar-refractivity contribution < 1.29 is 28.9 Å². The minimum atomic E-state index is -1.08. The zero-order valence-corrected chi connectivity index (χ0v) is 14.0. The number of rotatable bonds is 9. The minimum absolute atomic E-state index is 0.241. The van der Waals surface area contributed by atoms with Gasteiger partial charge in [-0.15, -0.1) is 0 Å². The van der Waals surface area contributed by atoms with Gasteiger partial charge in [0.15, 0.2) is 24.7 Å². The third-order valence-corrected chi connectivity index (χ3v) is 3.09. The fourth-order valence-corrected chi connectivity index (χ4v) is 1.95. The average Bonchev–Trinajstić information content (AvgIpc) is 2.65. The maximum Gasteiger partial charge on any atom is 0.341 e. The first kappa shape index (κ1) is 18.8. The molecule has 26 heavy (non-hydrogen) atoms. The monoisotopic (exact) mass is 358 g/mol. The van der Waals surface area contributed by atoms with Gasteiger partial charge >= 0.3 is 5.97 Å². The van der Waals surface area contributed by atoms with Crippen molar-refractivity contribution in [2.45, 2.75) is 0 Å². The molecular weight excluding hydrogens is 340 g/mol. The van der Waals surface area contributed by atoms with Gasteiger partial charge < -0.3 is 19.3 Å². The van der Waals surface area contributed by atoms with E-state index in [1.54, 1.807) is 48.5 Å². The fourth-order valence-electron chi connectivity index (χ4n) is 1.95. The SMILES string of the molecule is COc1ccccc1OCC(=O)NN=Cc1ccccc1OCC(=O)O. The van der Waals surface area contributed by atoms with Crippen LogP contribution in [0.3, 0.4) is 0 Å². The maximum atomic E-state index is 11.8. The van der Waals surface area contributed by atoms with Crippen LogP contribution in [0, 0.1) is 0 Å². The highest BCUT2D eigenvalue weighted by Gasteiger charge is 2.07. The molecule has 0 saturated carbocycles. The molecule has 0 unspecified atom stereocenters. The molecule has 0 radical (unpaired) electrons. The van der Waals surface area contributed by atoms with Gasteiger partial charge in [-0.05, 0) is 24.3 Å². The molecule has 8 heteroatoms. The van der Waals surface area contributed by atoms with Gasteiger partial charge in [0, 0.05) is 5.56 Å². The van der Waals surface area contributed by atoms with E-state index in [-0.39, 0.29) is 6.61 Å². The summed E-state index contributed by atoms with van der Waals surface area (Å²) in [5.74, 6) is -0.234. The number of methoxy groups -OCH3 is 1. The summed E-state index contributed by atoms with van der Waals surface area (Å²) in [4.78, 5) is 22.4. The molecule has 2 aromatic rings. The number of nitrogens with one attached hydrogen (secondary N) is 1. The third-order valence-electron chi connectivity index (χ3n) is 3.09. The van der Waals surface area contributed by atoms with E-state index in [4.69, 9.17) is 19.3 Å². The molecule has 0 aliphatic heterocycles. The second kappa shape index (κ2) is 9.67. The molecule has 0 fully saturated rings. The Morgan fingerprint density at radius 3 is 2.31 bits per heavy atom. The van der Waals surface area contributed by atoms with E-state index >= 15 is 0 Å². The first-order valence-corrected chi connectivity index (χ1v) is 7.61. The summed E-state index contributed by atoms with van der Waals surface area (Å²) in [6, 6.07) is 13.7. The van der Waals surface area contributed by atoms with Crippen LogP contribution in [0.4, 0.5) is 0 Å². The zero-order valence-electron chi connectivity index (χ0n) is 14.0. The summed E-state index contributed by atoms with van der Waals surface area (Å²) in [6.07, 6.45) is 1.36. The summed E-state index contributed by atoms with van der Waals surface area (Å²) in [6.45, 7) is -0.709. The van der Waals surface area contributed by atoms with Crippen molar-refractivity contribution in [1.82, 2.24) is 5.43 Å². The third kappa shape index (κ3) is 5.82. The van der Waals surface area contributed by atoms with Gasteiger partial charge in [0.05, 0.1) is 13.3 Å². The van der Waals surface area contributed by atoms with Crippen LogP contribution < -0.4 is 19.6 Å². The van der Waals surface area contributed by atoms with Crippen molar-refractivity contribution in [3.05, 3.63) is 54.1 Å². The quantitative estimate of drug-likeness (QED) is 0.522. The van der Waals surface area contributed by atoms with E-state index in [1.807, 2.05) is 0 Å². The summed E-state index contributed by atoms with van der Waals surface area (Å²) in [5, 5.41) is 12.5. The number of nitrogens with zero attached hydrogens (tertiary/aromatic N) is 1. The fraction of sp³-hybridized carbons (Fsp3) is 0.167. The van der Waals surface area contributed by atoms with Gasteiger partial charge in [-0.25, -0.2) is 10.2 Å². The van der Waals surface area contributed by atoms with E-state index in [0.717, 1.165) is 0 Å². The van der Waals surface area contributed by atoms with Gasteiger partial charge in [0.1, 0.15) is 5.75 Å². The molecule has 2 aromatic carbocycles. The number of hydrogen-bond donors (Lipinski definition) is 2. The summed E-state index contributed by atoms with van der Waals surface area (Å²) >= 11 is 0. The molecule has 8 nitrogen and oxygen atoms in total. The van der Waals surface area contributed by atoms with Crippen molar-refractivity contribution in [2.24, 2.45) is 5.10 Å². The van der Waals surface area contributed by atoms with E-state index in [0.29, 0.717) is 22.8 Å². The largest absolute Gasteiger partial charge is 0.493 e. The Hall–Kier alpha value is -3.55. The van der Waals surface area contributed by atoms with Crippen LogP contribution >= 0.6 is 0 Å². The lowest BCUT2D eigenvalue weighted by molar-refractivity contribution is -0.139. The smallest absolute Gasteiger partial charge is 0.341 e. The zero-order chi connectivity index (χ0) is 18.8. The van der Waals surface area contributed by atoms with Gasteiger partial charge in [0.25, 0.3) is 5.91 Å². The number of aliphatic carboxylic acids is 1. The number of benzene rings is 2. The number of para-hydroxylation sites is 3. The van der Waals surface area contributed by atoms with Gasteiger partial charge in [-0.3, -0.25) is 4.79 Å². The Morgan fingerprint density at radius 1 is 1.00 bits per heavy atom. The van der Waals surface area contributed by atoms with Crippen molar-refractivity contribution in [3.8, 4) is 17.2 Å². The van der Waals surface area contributed by atoms with Crippen molar-refractivity contribution >= 4 is 18.1 Å². The van der Waals surface area contributed by atoms with Gasteiger partial charge in [-0.1, -0.05) is 24.3 Å². The molecule has 0 heterocycles. The maximum absolute atomic E-state index is 11.8. The highest BCUT2D eigenvalue weighted by molar-refractivity contribution is 5.85. The molecule has 1 amide bonds. The van der Waals surface area contributed by atoms with Crippen LogP contribution in [0.25, 0.3) is 0 Å². The molecule has 2 N–H and O–H groups in total. The van der Waals surface area contributed by atoms with Gasteiger partial charge in [0.2, 0.25) is 0 Å². The number of carboxylic acids is 1. The molecule has 2 rings (SSSR count). The van der Waals surface area contributed by atoms with Crippen LogP contribution in [0.1, 0.15) is 5.56 Å². The van der Waals surface area contributed by atoms with Crippen LogP contribution in [0.15, 0.2) is 53.6 Å².